The molecule has 5 aliphatic rings. The van der Waals surface area contributed by atoms with Crippen molar-refractivity contribution in [3.63, 3.8) is 0 Å². The minimum atomic E-state index is -0.500. The number of nitrogens with zero attached hydrogens (tertiary/aromatic N) is 1. The Morgan fingerprint density at radius 1 is 1.21 bits per heavy atom. The van der Waals surface area contributed by atoms with E-state index >= 15 is 0 Å². The van der Waals surface area contributed by atoms with Gasteiger partial charge in [-0.05, 0) is 44.1 Å². The molecular weight excluding hydrogens is 304 g/mol. The lowest BCUT2D eigenvalue weighted by atomic mass is 9.51. The summed E-state index contributed by atoms with van der Waals surface area (Å²) in [5, 5.41) is 10.9. The molecule has 3 N–H and O–H groups in total. The number of aliphatic hydroxyl groups is 1. The number of urea groups is 1. The van der Waals surface area contributed by atoms with Crippen molar-refractivity contribution in [3.05, 3.63) is 24.3 Å². The number of ether oxygens (including phenoxy) is 1. The van der Waals surface area contributed by atoms with E-state index in [2.05, 4.69) is 0 Å². The number of carbonyl (C=O) groups is 1. The first-order valence-corrected chi connectivity index (χ1v) is 9.14. The maximum absolute atomic E-state index is 12.8. The van der Waals surface area contributed by atoms with Gasteiger partial charge in [-0.25, -0.2) is 4.79 Å². The number of hydrogen-bond acceptors (Lipinski definition) is 3. The minimum absolute atomic E-state index is 0.185. The number of carbonyl (C=O) groups excluding carboxylic acids is 1. The van der Waals surface area contributed by atoms with Crippen LogP contribution in [0.2, 0.25) is 0 Å². The Kier molecular flexibility index (Phi) is 2.90. The van der Waals surface area contributed by atoms with E-state index in [9.17, 15) is 9.90 Å². The van der Waals surface area contributed by atoms with Crippen LogP contribution in [-0.4, -0.2) is 35.9 Å². The normalized spacial score (nSPS) is 45.5. The van der Waals surface area contributed by atoms with Crippen molar-refractivity contribution >= 4 is 11.7 Å². The molecule has 24 heavy (non-hydrogen) atoms. The van der Waals surface area contributed by atoms with Crippen molar-refractivity contribution in [2.75, 3.05) is 13.2 Å². The van der Waals surface area contributed by atoms with Gasteiger partial charge in [-0.15, -0.1) is 0 Å². The monoisotopic (exact) mass is 329 g/mol. The number of rotatable bonds is 1. The van der Waals surface area contributed by atoms with Crippen molar-refractivity contribution < 1.29 is 14.6 Å². The zero-order valence-corrected chi connectivity index (χ0v) is 13.9. The van der Waals surface area contributed by atoms with E-state index in [1.165, 1.54) is 0 Å². The van der Waals surface area contributed by atoms with Gasteiger partial charge < -0.3 is 15.6 Å². The summed E-state index contributed by atoms with van der Waals surface area (Å²) in [5.41, 5.74) is 6.46. The molecule has 5 heteroatoms. The average Bonchev–Trinajstić information content (AvgIpc) is 2.52. The van der Waals surface area contributed by atoms with Gasteiger partial charge in [-0.1, -0.05) is 12.1 Å². The molecule has 3 atom stereocenters. The van der Waals surface area contributed by atoms with Gasteiger partial charge in [-0.2, -0.15) is 4.48 Å². The summed E-state index contributed by atoms with van der Waals surface area (Å²) in [6, 6.07) is 7.76. The number of benzene rings is 1. The number of primary amides is 1. The predicted octanol–water partition coefficient (Wildman–Crippen LogP) is 2.40. The Morgan fingerprint density at radius 2 is 1.92 bits per heavy atom. The van der Waals surface area contributed by atoms with Gasteiger partial charge in [0.2, 0.25) is 0 Å². The molecule has 1 heterocycles. The summed E-state index contributed by atoms with van der Waals surface area (Å²) >= 11 is 0. The number of hydrogen-bond donors (Lipinski definition) is 2. The van der Waals surface area contributed by atoms with Crippen LogP contribution in [0.4, 0.5) is 10.5 Å². The molecule has 3 unspecified atom stereocenters. The van der Waals surface area contributed by atoms with Crippen molar-refractivity contribution in [2.24, 2.45) is 23.5 Å². The highest BCUT2D eigenvalue weighted by atomic mass is 16.5. The first-order valence-electron chi connectivity index (χ1n) is 9.14. The summed E-state index contributed by atoms with van der Waals surface area (Å²) in [5.74, 6) is 2.16. The number of fused-ring (bicyclic) bond motifs is 1. The fourth-order valence-corrected chi connectivity index (χ4v) is 6.69. The summed E-state index contributed by atoms with van der Waals surface area (Å²) in [7, 11) is 0. The van der Waals surface area contributed by atoms with E-state index in [1.807, 2.05) is 24.3 Å². The molecule has 1 aromatic carbocycles. The smallest absolute Gasteiger partial charge is 0.419 e. The largest absolute Gasteiger partial charge is 0.481 e. The van der Waals surface area contributed by atoms with E-state index < -0.39 is 5.60 Å². The highest BCUT2D eigenvalue weighted by molar-refractivity contribution is 5.88. The topological polar surface area (TPSA) is 72.6 Å². The standard InChI is InChI=1S/C19H24N2O3/c20-18(22)21(5-6-24-16-4-2-1-3-15(16)21)17-13-7-12-8-14(17)11-19(23,9-12)10-13/h1-4,12-14,17,23H,5-11H2,(H-,20,22)/p+1. The predicted molar refractivity (Wildman–Crippen MR) is 90.5 cm³/mol. The molecule has 0 radical (unpaired) electrons. The molecule has 1 aliphatic heterocycles. The Hall–Kier alpha value is -1.59. The molecule has 4 aliphatic carbocycles. The van der Waals surface area contributed by atoms with Crippen molar-refractivity contribution in [2.45, 2.75) is 43.7 Å². The lowest BCUT2D eigenvalue weighted by Crippen LogP contribution is -2.74. The first-order chi connectivity index (χ1) is 11.5. The fraction of sp³-hybridized carbons (Fsp3) is 0.632. The molecule has 0 spiro atoms. The molecular formula is C19H25N2O3+. The van der Waals surface area contributed by atoms with Gasteiger partial charge in [0.25, 0.3) is 0 Å². The Bertz CT molecular complexity index is 690. The molecule has 0 aromatic heterocycles. The Labute approximate surface area is 142 Å². The first kappa shape index (κ1) is 14.7. The van der Waals surface area contributed by atoms with Crippen molar-refractivity contribution in [3.8, 4) is 5.75 Å². The molecule has 0 saturated heterocycles. The average molecular weight is 329 g/mol. The van der Waals surface area contributed by atoms with E-state index in [-0.39, 0.29) is 16.6 Å². The van der Waals surface area contributed by atoms with E-state index in [0.29, 0.717) is 30.9 Å². The maximum Gasteiger partial charge on any atom is 0.419 e. The van der Waals surface area contributed by atoms with Crippen LogP contribution in [0.3, 0.4) is 0 Å². The summed E-state index contributed by atoms with van der Waals surface area (Å²) in [6.07, 6.45) is 4.84. The van der Waals surface area contributed by atoms with Gasteiger partial charge >= 0.3 is 6.03 Å². The van der Waals surface area contributed by atoms with Crippen LogP contribution >= 0.6 is 0 Å². The number of para-hydroxylation sites is 2. The summed E-state index contributed by atoms with van der Waals surface area (Å²) in [4.78, 5) is 12.8. The molecule has 1 aromatic rings. The lowest BCUT2D eigenvalue weighted by Gasteiger charge is -2.61. The van der Waals surface area contributed by atoms with Crippen LogP contribution in [0, 0.1) is 17.8 Å². The van der Waals surface area contributed by atoms with Gasteiger partial charge in [0.1, 0.15) is 19.2 Å². The summed E-state index contributed by atoms with van der Waals surface area (Å²) in [6.45, 7) is 1.12. The van der Waals surface area contributed by atoms with E-state index in [1.54, 1.807) is 0 Å². The van der Waals surface area contributed by atoms with Crippen LogP contribution in [0.15, 0.2) is 24.3 Å². The second kappa shape index (κ2) is 4.73. The van der Waals surface area contributed by atoms with Crippen LogP contribution in [0.1, 0.15) is 32.1 Å². The van der Waals surface area contributed by atoms with Crippen molar-refractivity contribution in [1.29, 1.82) is 0 Å². The molecule has 4 saturated carbocycles. The SMILES string of the molecule is NC(=O)[N+]1(C2C3CC4CC2CC(O)(C4)C3)CCOc2ccccc21. The van der Waals surface area contributed by atoms with E-state index in [4.69, 9.17) is 10.5 Å². The second-order valence-corrected chi connectivity index (χ2v) is 8.43. The molecule has 4 fully saturated rings. The van der Waals surface area contributed by atoms with Gasteiger partial charge in [0, 0.05) is 17.9 Å². The number of amides is 2. The van der Waals surface area contributed by atoms with Crippen LogP contribution in [-0.2, 0) is 0 Å². The molecule has 2 amide bonds. The third-order valence-electron chi connectivity index (χ3n) is 7.09. The molecule has 128 valence electrons. The number of quaternary nitrogens is 1. The molecule has 5 nitrogen and oxygen atoms in total. The van der Waals surface area contributed by atoms with Crippen LogP contribution < -0.4 is 15.0 Å². The zero-order chi connectivity index (χ0) is 16.5. The Balaban J connectivity index is 1.65. The third kappa shape index (κ3) is 1.80. The Morgan fingerprint density at radius 3 is 2.58 bits per heavy atom. The molecule has 4 bridgehead atoms. The van der Waals surface area contributed by atoms with E-state index in [0.717, 1.165) is 43.5 Å². The summed E-state index contributed by atoms with van der Waals surface area (Å²) < 4.78 is 6.04. The quantitative estimate of drug-likeness (QED) is 0.777. The minimum Gasteiger partial charge on any atom is -0.481 e. The van der Waals surface area contributed by atoms with Gasteiger partial charge in [0.05, 0.1) is 5.60 Å². The van der Waals surface area contributed by atoms with Crippen LogP contribution in [0.25, 0.3) is 0 Å². The molecule has 6 rings (SSSR count). The lowest BCUT2D eigenvalue weighted by molar-refractivity contribution is -0.153. The maximum atomic E-state index is 12.8. The zero-order valence-electron chi connectivity index (χ0n) is 13.9. The van der Waals surface area contributed by atoms with Crippen LogP contribution in [0.5, 0.6) is 5.75 Å². The van der Waals surface area contributed by atoms with Gasteiger partial charge in [-0.3, -0.25) is 0 Å². The second-order valence-electron chi connectivity index (χ2n) is 8.43. The van der Waals surface area contributed by atoms with Crippen molar-refractivity contribution in [1.82, 2.24) is 4.48 Å². The highest BCUT2D eigenvalue weighted by Gasteiger charge is 2.64. The third-order valence-corrected chi connectivity index (χ3v) is 7.09. The highest BCUT2D eigenvalue weighted by Crippen LogP contribution is 2.59. The van der Waals surface area contributed by atoms with Gasteiger partial charge in [0.15, 0.2) is 11.4 Å². The number of nitrogens with two attached hydrogens (primary N) is 1. The fourth-order valence-electron chi connectivity index (χ4n) is 6.69.